The third-order valence-corrected chi connectivity index (χ3v) is 4.80. The van der Waals surface area contributed by atoms with Crippen LogP contribution in [0.5, 0.6) is 0 Å². The average molecular weight is 408 g/mol. The van der Waals surface area contributed by atoms with Crippen LogP contribution < -0.4 is 0 Å². The second-order valence-corrected chi connectivity index (χ2v) is 6.46. The Balaban J connectivity index is 0.000000329. The molecule has 0 amide bonds. The van der Waals surface area contributed by atoms with Crippen molar-refractivity contribution < 1.29 is 26.6 Å². The molecule has 0 unspecified atom stereocenters. The van der Waals surface area contributed by atoms with E-state index in [0.717, 1.165) is 0 Å². The van der Waals surface area contributed by atoms with Gasteiger partial charge in [-0.05, 0) is 22.3 Å². The number of ether oxygens (including phenoxy) is 1. The van der Waals surface area contributed by atoms with Gasteiger partial charge in [0.05, 0.1) is 0 Å². The Kier molecular flexibility index (Phi) is 6.65. The first-order chi connectivity index (χ1) is 13.3. The van der Waals surface area contributed by atoms with E-state index >= 15 is 0 Å². The summed E-state index contributed by atoms with van der Waals surface area (Å²) in [6.45, 7) is 0.373. The maximum absolute atomic E-state index is 12.1. The molecule has 1 aliphatic rings. The molecule has 0 N–H and O–H groups in total. The SMILES string of the molecule is O=C(OCC1c2ccccc2-c2ccccc21)[c-]1cccc1.[Fe+2].c1cc[cH-]c1. The van der Waals surface area contributed by atoms with E-state index in [2.05, 4.69) is 24.3 Å². The summed E-state index contributed by atoms with van der Waals surface area (Å²) in [6, 6.07) is 33.9. The Morgan fingerprint density at radius 3 is 1.86 bits per heavy atom. The van der Waals surface area contributed by atoms with Gasteiger partial charge in [0.15, 0.2) is 0 Å². The van der Waals surface area contributed by atoms with Crippen LogP contribution in [0.2, 0.25) is 0 Å². The van der Waals surface area contributed by atoms with E-state index in [1.165, 1.54) is 22.3 Å². The molecule has 28 heavy (non-hydrogen) atoms. The number of fused-ring (bicyclic) bond motifs is 3. The van der Waals surface area contributed by atoms with Gasteiger partial charge < -0.3 is 4.74 Å². The fraction of sp³-hybridized carbons (Fsp3) is 0.0800. The molecule has 0 fully saturated rings. The van der Waals surface area contributed by atoms with Gasteiger partial charge in [0.2, 0.25) is 0 Å². The molecule has 0 aliphatic heterocycles. The predicted octanol–water partition coefficient (Wildman–Crippen LogP) is 5.78. The topological polar surface area (TPSA) is 26.3 Å². The van der Waals surface area contributed by atoms with Crippen LogP contribution in [-0.2, 0) is 21.8 Å². The normalized spacial score (nSPS) is 11.4. The van der Waals surface area contributed by atoms with Crippen molar-refractivity contribution >= 4 is 5.97 Å². The number of benzene rings is 2. The molecule has 0 heterocycles. The van der Waals surface area contributed by atoms with Gasteiger partial charge in [-0.1, -0.05) is 54.1 Å². The van der Waals surface area contributed by atoms with Crippen molar-refractivity contribution in [2.45, 2.75) is 5.92 Å². The number of esters is 1. The summed E-state index contributed by atoms with van der Waals surface area (Å²) >= 11 is 0. The molecule has 5 rings (SSSR count). The van der Waals surface area contributed by atoms with Crippen LogP contribution in [0.4, 0.5) is 0 Å². The Hall–Kier alpha value is -2.87. The summed E-state index contributed by atoms with van der Waals surface area (Å²) in [5.74, 6) is -0.141. The van der Waals surface area contributed by atoms with E-state index in [0.29, 0.717) is 12.2 Å². The van der Waals surface area contributed by atoms with Crippen LogP contribution in [0, 0.1) is 0 Å². The molecule has 0 aromatic heterocycles. The molecule has 0 atom stereocenters. The molecule has 2 nitrogen and oxygen atoms in total. The third-order valence-electron chi connectivity index (χ3n) is 4.80. The minimum absolute atomic E-state index is 0. The second kappa shape index (κ2) is 9.36. The predicted molar refractivity (Wildman–Crippen MR) is 108 cm³/mol. The largest absolute Gasteiger partial charge is 2.00 e. The van der Waals surface area contributed by atoms with Gasteiger partial charge in [-0.15, -0.1) is 0 Å². The van der Waals surface area contributed by atoms with E-state index in [-0.39, 0.29) is 29.0 Å². The minimum atomic E-state index is -0.258. The fourth-order valence-electron chi connectivity index (χ4n) is 3.51. The van der Waals surface area contributed by atoms with Crippen molar-refractivity contribution in [3.8, 4) is 11.1 Å². The quantitative estimate of drug-likeness (QED) is 0.244. The molecule has 0 radical (unpaired) electrons. The second-order valence-electron chi connectivity index (χ2n) is 6.46. The van der Waals surface area contributed by atoms with Gasteiger partial charge in [0.1, 0.15) is 6.61 Å². The Labute approximate surface area is 176 Å². The van der Waals surface area contributed by atoms with E-state index in [4.69, 9.17) is 4.74 Å². The number of hydrogen-bond acceptors (Lipinski definition) is 2. The summed E-state index contributed by atoms with van der Waals surface area (Å²) < 4.78 is 5.55. The molecule has 4 aromatic carbocycles. The van der Waals surface area contributed by atoms with Crippen molar-refractivity contribution in [1.82, 2.24) is 0 Å². The maximum atomic E-state index is 12.1. The van der Waals surface area contributed by atoms with Crippen LogP contribution in [-0.4, -0.2) is 12.6 Å². The summed E-state index contributed by atoms with van der Waals surface area (Å²) in [6.07, 6.45) is 0. The molecule has 0 spiro atoms. The standard InChI is InChI=1S/C20H15O2.C5H5.Fe/c21-20(14-7-1-2-8-14)22-13-19-17-11-5-3-9-15(17)16-10-4-6-12-18(16)19;1-2-4-5-3-1;/h1-12,19H,13H2;1-5H;/q2*-1;+2. The first-order valence-electron chi connectivity index (χ1n) is 9.08. The molecule has 4 aromatic rings. The van der Waals surface area contributed by atoms with E-state index < -0.39 is 0 Å². The van der Waals surface area contributed by atoms with Gasteiger partial charge in [-0.25, -0.2) is 24.3 Å². The van der Waals surface area contributed by atoms with Gasteiger partial charge in [0, 0.05) is 5.92 Å². The first kappa shape index (κ1) is 19.9. The minimum Gasteiger partial charge on any atom is -0.470 e. The van der Waals surface area contributed by atoms with Crippen LogP contribution in [0.1, 0.15) is 27.4 Å². The number of rotatable bonds is 3. The number of carbonyl (C=O) groups is 1. The zero-order valence-corrected chi connectivity index (χ0v) is 16.4. The van der Waals surface area contributed by atoms with Crippen LogP contribution >= 0.6 is 0 Å². The van der Waals surface area contributed by atoms with Crippen LogP contribution in [0.3, 0.4) is 0 Å². The van der Waals surface area contributed by atoms with Crippen LogP contribution in [0.25, 0.3) is 11.1 Å². The molecule has 0 bridgehead atoms. The van der Waals surface area contributed by atoms with Gasteiger partial charge in [-0.2, -0.15) is 30.3 Å². The Morgan fingerprint density at radius 1 is 0.821 bits per heavy atom. The molecular weight excluding hydrogens is 388 g/mol. The fourth-order valence-corrected chi connectivity index (χ4v) is 3.51. The Bertz CT molecular complexity index is 938. The molecule has 140 valence electrons. The van der Waals surface area contributed by atoms with Crippen molar-refractivity contribution in [2.24, 2.45) is 0 Å². The van der Waals surface area contributed by atoms with Crippen molar-refractivity contribution in [1.29, 1.82) is 0 Å². The van der Waals surface area contributed by atoms with E-state index in [9.17, 15) is 4.79 Å². The van der Waals surface area contributed by atoms with E-state index in [1.807, 2.05) is 66.7 Å². The Morgan fingerprint density at radius 2 is 1.36 bits per heavy atom. The van der Waals surface area contributed by atoms with Crippen molar-refractivity contribution in [2.75, 3.05) is 6.61 Å². The molecular formula is C25H20FeO2. The summed E-state index contributed by atoms with van der Waals surface area (Å²) in [5.41, 5.74) is 5.57. The number of carbonyl (C=O) groups excluding carboxylic acids is 1. The van der Waals surface area contributed by atoms with Gasteiger partial charge in [-0.3, -0.25) is 4.79 Å². The average Bonchev–Trinajstić information content (AvgIpc) is 3.49. The molecule has 0 saturated carbocycles. The monoisotopic (exact) mass is 408 g/mol. The van der Waals surface area contributed by atoms with Crippen molar-refractivity contribution in [3.05, 3.63) is 120 Å². The summed E-state index contributed by atoms with van der Waals surface area (Å²) in [4.78, 5) is 12.1. The van der Waals surface area contributed by atoms with Crippen molar-refractivity contribution in [3.63, 3.8) is 0 Å². The zero-order valence-electron chi connectivity index (χ0n) is 15.3. The number of hydrogen-bond donors (Lipinski definition) is 0. The summed E-state index contributed by atoms with van der Waals surface area (Å²) in [7, 11) is 0. The van der Waals surface area contributed by atoms with Gasteiger partial charge >= 0.3 is 17.1 Å². The molecule has 0 saturated heterocycles. The molecule has 3 heteroatoms. The van der Waals surface area contributed by atoms with E-state index in [1.54, 1.807) is 12.1 Å². The first-order valence-corrected chi connectivity index (χ1v) is 9.08. The van der Waals surface area contributed by atoms with Crippen LogP contribution in [0.15, 0.2) is 103 Å². The third kappa shape index (κ3) is 4.17. The summed E-state index contributed by atoms with van der Waals surface area (Å²) in [5, 5.41) is 0. The maximum Gasteiger partial charge on any atom is 2.00 e. The smallest absolute Gasteiger partial charge is 0.470 e. The zero-order chi connectivity index (χ0) is 18.5. The van der Waals surface area contributed by atoms with Gasteiger partial charge in [0.25, 0.3) is 5.97 Å². The molecule has 1 aliphatic carbocycles.